The van der Waals surface area contributed by atoms with E-state index in [1.165, 1.54) is 6.07 Å². The van der Waals surface area contributed by atoms with Crippen molar-refractivity contribution in [1.29, 1.82) is 0 Å². The summed E-state index contributed by atoms with van der Waals surface area (Å²) in [5.74, 6) is 0.205. The Morgan fingerprint density at radius 1 is 1.28 bits per heavy atom. The lowest BCUT2D eigenvalue weighted by molar-refractivity contribution is -0.138. The minimum absolute atomic E-state index is 0.205. The van der Waals surface area contributed by atoms with Gasteiger partial charge in [-0.1, -0.05) is 44.0 Å². The fourth-order valence-electron chi connectivity index (χ4n) is 1.02. The highest BCUT2D eigenvalue weighted by Crippen LogP contribution is 2.37. The van der Waals surface area contributed by atoms with E-state index in [2.05, 4.69) is 26.1 Å². The molecule has 0 saturated heterocycles. The Hall–Kier alpha value is -0.860. The molecular formula is C9H3BrClF3N2OS. The topological polar surface area (TPSA) is 35.0 Å². The summed E-state index contributed by atoms with van der Waals surface area (Å²) >= 11 is 9.33. The molecule has 0 aliphatic heterocycles. The Balaban J connectivity index is 2.24. The Bertz CT molecular complexity index is 575. The number of rotatable bonds is 2. The van der Waals surface area contributed by atoms with Crippen molar-refractivity contribution in [3.63, 3.8) is 0 Å². The van der Waals surface area contributed by atoms with E-state index in [0.29, 0.717) is 15.8 Å². The molecule has 1 aromatic heterocycles. The van der Waals surface area contributed by atoms with Crippen LogP contribution in [0, 0.1) is 0 Å². The molecule has 3 nitrogen and oxygen atoms in total. The molecule has 0 unspecified atom stereocenters. The third-order valence-electron chi connectivity index (χ3n) is 1.74. The van der Waals surface area contributed by atoms with Crippen LogP contribution >= 0.6 is 38.9 Å². The molecule has 0 aliphatic rings. The lowest BCUT2D eigenvalue weighted by atomic mass is 10.3. The quantitative estimate of drug-likeness (QED) is 0.775. The van der Waals surface area contributed by atoms with E-state index < -0.39 is 11.2 Å². The number of aromatic nitrogens is 2. The molecule has 96 valence electrons. The van der Waals surface area contributed by atoms with Crippen LogP contribution in [0.5, 0.6) is 10.9 Å². The molecule has 1 aromatic carbocycles. The van der Waals surface area contributed by atoms with Gasteiger partial charge in [0.2, 0.25) is 5.01 Å². The van der Waals surface area contributed by atoms with Gasteiger partial charge in [-0.25, -0.2) is 0 Å². The normalized spacial score (nSPS) is 11.6. The monoisotopic (exact) mass is 358 g/mol. The summed E-state index contributed by atoms with van der Waals surface area (Å²) in [6, 6.07) is 4.75. The first kappa shape index (κ1) is 13.6. The van der Waals surface area contributed by atoms with E-state index in [-0.39, 0.29) is 16.0 Å². The summed E-state index contributed by atoms with van der Waals surface area (Å²) in [6.45, 7) is 0. The van der Waals surface area contributed by atoms with Crippen LogP contribution in [-0.4, -0.2) is 10.2 Å². The van der Waals surface area contributed by atoms with Crippen LogP contribution in [0.15, 0.2) is 22.7 Å². The molecule has 0 fully saturated rings. The van der Waals surface area contributed by atoms with Crippen molar-refractivity contribution in [3.8, 4) is 10.9 Å². The molecule has 0 atom stereocenters. The third-order valence-corrected chi connectivity index (χ3v) is 3.39. The molecule has 0 bridgehead atoms. The summed E-state index contributed by atoms with van der Waals surface area (Å²) in [7, 11) is 0. The van der Waals surface area contributed by atoms with Gasteiger partial charge in [-0.15, -0.1) is 5.10 Å². The largest absolute Gasteiger partial charge is 0.445 e. The van der Waals surface area contributed by atoms with Crippen molar-refractivity contribution >= 4 is 38.9 Å². The van der Waals surface area contributed by atoms with Crippen LogP contribution in [0.3, 0.4) is 0 Å². The first-order valence-electron chi connectivity index (χ1n) is 4.40. The van der Waals surface area contributed by atoms with Gasteiger partial charge in [0.15, 0.2) is 0 Å². The van der Waals surface area contributed by atoms with Crippen LogP contribution < -0.4 is 4.74 Å². The van der Waals surface area contributed by atoms with Crippen molar-refractivity contribution < 1.29 is 17.9 Å². The number of halogens is 5. The molecular weight excluding hydrogens is 357 g/mol. The zero-order valence-electron chi connectivity index (χ0n) is 8.33. The van der Waals surface area contributed by atoms with Gasteiger partial charge >= 0.3 is 6.18 Å². The minimum atomic E-state index is -4.53. The minimum Gasteiger partial charge on any atom is -0.428 e. The van der Waals surface area contributed by atoms with E-state index in [1.54, 1.807) is 12.1 Å². The van der Waals surface area contributed by atoms with Crippen LogP contribution in [0.2, 0.25) is 5.02 Å². The third kappa shape index (κ3) is 3.12. The maximum atomic E-state index is 12.3. The van der Waals surface area contributed by atoms with E-state index in [4.69, 9.17) is 16.3 Å². The van der Waals surface area contributed by atoms with Gasteiger partial charge < -0.3 is 4.74 Å². The number of nitrogens with zero attached hydrogens (tertiary/aromatic N) is 2. The van der Waals surface area contributed by atoms with Gasteiger partial charge in [-0.3, -0.25) is 0 Å². The Morgan fingerprint density at radius 2 is 2.00 bits per heavy atom. The van der Waals surface area contributed by atoms with Crippen LogP contribution in [-0.2, 0) is 6.18 Å². The zero-order chi connectivity index (χ0) is 13.3. The first-order chi connectivity index (χ1) is 8.36. The van der Waals surface area contributed by atoms with E-state index >= 15 is 0 Å². The van der Waals surface area contributed by atoms with Crippen molar-refractivity contribution in [2.75, 3.05) is 0 Å². The maximum absolute atomic E-state index is 12.3. The molecule has 9 heteroatoms. The number of ether oxygens (including phenoxy) is 1. The van der Waals surface area contributed by atoms with E-state index in [9.17, 15) is 13.2 Å². The van der Waals surface area contributed by atoms with Gasteiger partial charge in [0, 0.05) is 4.47 Å². The SMILES string of the molecule is FC(F)(F)c1nnc(Oc2cc(Br)ccc2Cl)s1. The van der Waals surface area contributed by atoms with Crippen molar-refractivity contribution in [2.24, 2.45) is 0 Å². The van der Waals surface area contributed by atoms with Gasteiger partial charge in [-0.05, 0) is 18.2 Å². The van der Waals surface area contributed by atoms with Crippen molar-refractivity contribution in [3.05, 3.63) is 32.7 Å². The zero-order valence-corrected chi connectivity index (χ0v) is 11.5. The molecule has 0 radical (unpaired) electrons. The lowest BCUT2D eigenvalue weighted by Crippen LogP contribution is -2.03. The highest BCUT2D eigenvalue weighted by molar-refractivity contribution is 9.10. The predicted octanol–water partition coefficient (Wildman–Crippen LogP) is 4.77. The summed E-state index contributed by atoms with van der Waals surface area (Å²) in [4.78, 5) is 0. The molecule has 0 spiro atoms. The predicted molar refractivity (Wildman–Crippen MR) is 64.1 cm³/mol. The second kappa shape index (κ2) is 5.02. The molecule has 2 rings (SSSR count). The maximum Gasteiger partial charge on any atom is 0.445 e. The summed E-state index contributed by atoms with van der Waals surface area (Å²) in [5, 5.41) is 5.28. The molecule has 0 amide bonds. The van der Waals surface area contributed by atoms with E-state index in [1.807, 2.05) is 0 Å². The van der Waals surface area contributed by atoms with Gasteiger partial charge in [0.25, 0.3) is 5.19 Å². The van der Waals surface area contributed by atoms with E-state index in [0.717, 1.165) is 0 Å². The van der Waals surface area contributed by atoms with Crippen molar-refractivity contribution in [1.82, 2.24) is 10.2 Å². The number of hydrogen-bond acceptors (Lipinski definition) is 4. The average molecular weight is 360 g/mol. The Morgan fingerprint density at radius 3 is 2.61 bits per heavy atom. The smallest absolute Gasteiger partial charge is 0.428 e. The molecule has 1 heterocycles. The van der Waals surface area contributed by atoms with Gasteiger partial charge in [-0.2, -0.15) is 13.2 Å². The Labute approximate surface area is 117 Å². The standard InChI is InChI=1S/C9H3BrClF3N2OS/c10-4-1-2-5(11)6(3-4)17-8-16-15-7(18-8)9(12,13)14/h1-3H. The number of alkyl halides is 3. The molecule has 0 saturated carbocycles. The summed E-state index contributed by atoms with van der Waals surface area (Å²) in [5.41, 5.74) is 0. The number of hydrogen-bond donors (Lipinski definition) is 0. The molecule has 0 N–H and O–H groups in total. The van der Waals surface area contributed by atoms with Gasteiger partial charge in [0.1, 0.15) is 5.75 Å². The van der Waals surface area contributed by atoms with Crippen LogP contribution in [0.4, 0.5) is 13.2 Å². The number of benzene rings is 1. The Kier molecular flexibility index (Phi) is 3.79. The first-order valence-corrected chi connectivity index (χ1v) is 6.38. The summed E-state index contributed by atoms with van der Waals surface area (Å²) < 4.78 is 42.7. The highest BCUT2D eigenvalue weighted by atomic mass is 79.9. The lowest BCUT2D eigenvalue weighted by Gasteiger charge is -2.03. The highest BCUT2D eigenvalue weighted by Gasteiger charge is 2.36. The van der Waals surface area contributed by atoms with Crippen LogP contribution in [0.1, 0.15) is 5.01 Å². The second-order valence-electron chi connectivity index (χ2n) is 3.05. The fraction of sp³-hybridized carbons (Fsp3) is 0.111. The van der Waals surface area contributed by atoms with Gasteiger partial charge in [0.05, 0.1) is 5.02 Å². The summed E-state index contributed by atoms with van der Waals surface area (Å²) in [6.07, 6.45) is -4.53. The van der Waals surface area contributed by atoms with Crippen molar-refractivity contribution in [2.45, 2.75) is 6.18 Å². The second-order valence-corrected chi connectivity index (χ2v) is 5.31. The molecule has 18 heavy (non-hydrogen) atoms. The average Bonchev–Trinajstić information content (AvgIpc) is 2.71. The fourth-order valence-corrected chi connectivity index (χ4v) is 2.09. The van der Waals surface area contributed by atoms with Crippen LogP contribution in [0.25, 0.3) is 0 Å². The molecule has 2 aromatic rings. The molecule has 0 aliphatic carbocycles.